The van der Waals surface area contributed by atoms with Crippen molar-refractivity contribution in [2.75, 3.05) is 13.7 Å². The molecule has 1 aromatic carbocycles. The highest BCUT2D eigenvalue weighted by molar-refractivity contribution is 5.95. The molecule has 0 bridgehead atoms. The third-order valence-electron chi connectivity index (χ3n) is 5.87. The third-order valence-corrected chi connectivity index (χ3v) is 5.87. The van der Waals surface area contributed by atoms with E-state index in [0.717, 1.165) is 41.1 Å². The predicted molar refractivity (Wildman–Crippen MR) is 123 cm³/mol. The van der Waals surface area contributed by atoms with Crippen molar-refractivity contribution in [3.63, 3.8) is 0 Å². The monoisotopic (exact) mass is 440 g/mol. The molecule has 8 nitrogen and oxygen atoms in total. The van der Waals surface area contributed by atoms with Gasteiger partial charge in [-0.3, -0.25) is 14.5 Å². The number of ether oxygens (including phenoxy) is 1. The average molecular weight is 441 g/mol. The fraction of sp³-hybridized carbons (Fsp3) is 0.240. The van der Waals surface area contributed by atoms with Crippen molar-refractivity contribution in [2.24, 2.45) is 7.05 Å². The van der Waals surface area contributed by atoms with E-state index in [-0.39, 0.29) is 11.9 Å². The van der Waals surface area contributed by atoms with Crippen LogP contribution in [0.15, 0.2) is 67.3 Å². The molecule has 1 atom stereocenters. The van der Waals surface area contributed by atoms with Crippen molar-refractivity contribution in [3.8, 4) is 28.4 Å². The number of aromatic nitrogens is 5. The van der Waals surface area contributed by atoms with Crippen molar-refractivity contribution >= 4 is 5.91 Å². The molecule has 1 saturated heterocycles. The van der Waals surface area contributed by atoms with Gasteiger partial charge in [0.1, 0.15) is 5.75 Å². The fourth-order valence-electron chi connectivity index (χ4n) is 4.22. The van der Waals surface area contributed by atoms with E-state index in [2.05, 4.69) is 15.1 Å². The molecular weight excluding hydrogens is 416 g/mol. The smallest absolute Gasteiger partial charge is 0.254 e. The minimum atomic E-state index is -0.0973. The van der Waals surface area contributed by atoms with Crippen molar-refractivity contribution in [3.05, 3.63) is 78.5 Å². The summed E-state index contributed by atoms with van der Waals surface area (Å²) >= 11 is 0. The Bertz CT molecular complexity index is 1300. The summed E-state index contributed by atoms with van der Waals surface area (Å²) in [7, 11) is 3.49. The number of carbonyl (C=O) groups is 1. The van der Waals surface area contributed by atoms with Crippen LogP contribution in [0.3, 0.4) is 0 Å². The minimum absolute atomic E-state index is 0.0217. The summed E-state index contributed by atoms with van der Waals surface area (Å²) < 4.78 is 7.05. The van der Waals surface area contributed by atoms with Gasteiger partial charge in [-0.05, 0) is 43.2 Å². The van der Waals surface area contributed by atoms with Crippen LogP contribution in [-0.4, -0.2) is 49.2 Å². The minimum Gasteiger partial charge on any atom is -0.497 e. The molecule has 0 N–H and O–H groups in total. The van der Waals surface area contributed by atoms with E-state index in [4.69, 9.17) is 9.72 Å². The molecule has 5 rings (SSSR count). The number of amides is 1. The lowest BCUT2D eigenvalue weighted by Crippen LogP contribution is -2.31. The summed E-state index contributed by atoms with van der Waals surface area (Å²) in [6, 6.07) is 13.1. The Kier molecular flexibility index (Phi) is 5.56. The highest BCUT2D eigenvalue weighted by Crippen LogP contribution is 2.33. The lowest BCUT2D eigenvalue weighted by molar-refractivity contribution is 0.0733. The Balaban J connectivity index is 1.42. The van der Waals surface area contributed by atoms with Gasteiger partial charge >= 0.3 is 0 Å². The average Bonchev–Trinajstić information content (AvgIpc) is 3.53. The van der Waals surface area contributed by atoms with E-state index < -0.39 is 0 Å². The molecule has 1 fully saturated rings. The van der Waals surface area contributed by atoms with Gasteiger partial charge in [0, 0.05) is 48.9 Å². The molecule has 0 saturated carbocycles. The van der Waals surface area contributed by atoms with Gasteiger partial charge in [-0.15, -0.1) is 0 Å². The number of nitrogens with zero attached hydrogens (tertiary/aromatic N) is 6. The van der Waals surface area contributed by atoms with Crippen LogP contribution in [0.5, 0.6) is 5.75 Å². The van der Waals surface area contributed by atoms with E-state index in [9.17, 15) is 4.79 Å². The van der Waals surface area contributed by atoms with E-state index in [1.165, 1.54) is 0 Å². The van der Waals surface area contributed by atoms with Crippen LogP contribution in [0.1, 0.15) is 34.9 Å². The predicted octanol–water partition coefficient (Wildman–Crippen LogP) is 3.93. The number of methoxy groups -OCH3 is 1. The second kappa shape index (κ2) is 8.82. The van der Waals surface area contributed by atoms with Gasteiger partial charge in [0.2, 0.25) is 0 Å². The van der Waals surface area contributed by atoms with Crippen LogP contribution >= 0.6 is 0 Å². The van der Waals surface area contributed by atoms with E-state index in [1.54, 1.807) is 36.4 Å². The van der Waals surface area contributed by atoms with Crippen LogP contribution in [0.4, 0.5) is 0 Å². The van der Waals surface area contributed by atoms with Gasteiger partial charge < -0.3 is 9.64 Å². The Hall–Kier alpha value is -4.07. The van der Waals surface area contributed by atoms with Gasteiger partial charge in [0.25, 0.3) is 5.91 Å². The molecule has 33 heavy (non-hydrogen) atoms. The molecule has 8 heteroatoms. The number of pyridine rings is 1. The van der Waals surface area contributed by atoms with E-state index in [0.29, 0.717) is 17.9 Å². The molecule has 4 heterocycles. The molecular formula is C25H24N6O2. The highest BCUT2D eigenvalue weighted by atomic mass is 16.5. The Morgan fingerprint density at radius 2 is 1.97 bits per heavy atom. The fourth-order valence-corrected chi connectivity index (χ4v) is 4.22. The molecule has 0 aliphatic carbocycles. The first-order chi connectivity index (χ1) is 16.1. The van der Waals surface area contributed by atoms with E-state index >= 15 is 0 Å². The van der Waals surface area contributed by atoms with Crippen LogP contribution in [0.25, 0.3) is 22.6 Å². The molecule has 4 aromatic rings. The normalized spacial score (nSPS) is 15.6. The summed E-state index contributed by atoms with van der Waals surface area (Å²) in [5.74, 6) is 1.35. The lowest BCUT2D eigenvalue weighted by atomic mass is 10.1. The number of rotatable bonds is 5. The maximum atomic E-state index is 13.5. The zero-order chi connectivity index (χ0) is 22.8. The lowest BCUT2D eigenvalue weighted by Gasteiger charge is -2.24. The van der Waals surface area contributed by atoms with Gasteiger partial charge in [0.05, 0.1) is 30.7 Å². The zero-order valence-electron chi connectivity index (χ0n) is 18.5. The zero-order valence-corrected chi connectivity index (χ0v) is 18.5. The molecule has 1 aliphatic heterocycles. The van der Waals surface area contributed by atoms with E-state index in [1.807, 2.05) is 54.5 Å². The maximum Gasteiger partial charge on any atom is 0.254 e. The number of carbonyl (C=O) groups excluding carboxylic acids is 1. The quantitative estimate of drug-likeness (QED) is 0.468. The van der Waals surface area contributed by atoms with Crippen molar-refractivity contribution in [1.29, 1.82) is 0 Å². The summed E-state index contributed by atoms with van der Waals surface area (Å²) in [5, 5.41) is 4.20. The standard InChI is InChI=1S/C25H24N6O2/c1-30-16-19(15-28-30)22-14-18(8-10-26-22)25(32)31-12-4-7-23(31)21-9-11-27-24(29-21)17-5-3-6-20(13-17)33-2/h3,5-6,8-11,13-16,23H,4,7,12H2,1-2H3/t23-/m0/s1. The Morgan fingerprint density at radius 1 is 1.09 bits per heavy atom. The third kappa shape index (κ3) is 4.19. The van der Waals surface area contributed by atoms with Gasteiger partial charge in [-0.25, -0.2) is 9.97 Å². The summed E-state index contributed by atoms with van der Waals surface area (Å²) in [6.45, 7) is 0.687. The first-order valence-electron chi connectivity index (χ1n) is 10.9. The Morgan fingerprint density at radius 3 is 2.79 bits per heavy atom. The SMILES string of the molecule is COc1cccc(-c2nccc([C@@H]3CCCN3C(=O)c3ccnc(-c4cnn(C)c4)c3)n2)c1. The molecule has 0 unspecified atom stereocenters. The van der Waals surface area contributed by atoms with Crippen molar-refractivity contribution in [1.82, 2.24) is 29.6 Å². The van der Waals surface area contributed by atoms with Crippen molar-refractivity contribution < 1.29 is 9.53 Å². The molecule has 0 radical (unpaired) electrons. The van der Waals surface area contributed by atoms with Gasteiger partial charge in [0.15, 0.2) is 5.82 Å². The number of likely N-dealkylation sites (tertiary alicyclic amines) is 1. The summed E-state index contributed by atoms with van der Waals surface area (Å²) in [4.78, 5) is 29.0. The number of aryl methyl sites for hydroxylation is 1. The summed E-state index contributed by atoms with van der Waals surface area (Å²) in [5.41, 5.74) is 3.94. The number of hydrogen-bond donors (Lipinski definition) is 0. The topological polar surface area (TPSA) is 86.0 Å². The van der Waals surface area contributed by atoms with Gasteiger partial charge in [-0.1, -0.05) is 12.1 Å². The second-order valence-corrected chi connectivity index (χ2v) is 8.03. The van der Waals surface area contributed by atoms with Crippen LogP contribution in [0, 0.1) is 0 Å². The molecule has 166 valence electrons. The molecule has 1 amide bonds. The second-order valence-electron chi connectivity index (χ2n) is 8.03. The highest BCUT2D eigenvalue weighted by Gasteiger charge is 2.32. The first kappa shape index (κ1) is 20.8. The largest absolute Gasteiger partial charge is 0.497 e. The van der Waals surface area contributed by atoms with Crippen LogP contribution < -0.4 is 4.74 Å². The van der Waals surface area contributed by atoms with Crippen LogP contribution in [-0.2, 0) is 7.05 Å². The maximum absolute atomic E-state index is 13.5. The van der Waals surface area contributed by atoms with Crippen molar-refractivity contribution in [2.45, 2.75) is 18.9 Å². The molecule has 0 spiro atoms. The van der Waals surface area contributed by atoms with Crippen LogP contribution in [0.2, 0.25) is 0 Å². The molecule has 1 aliphatic rings. The first-order valence-corrected chi connectivity index (χ1v) is 10.9. The molecule has 3 aromatic heterocycles. The number of benzene rings is 1. The number of hydrogen-bond acceptors (Lipinski definition) is 6. The summed E-state index contributed by atoms with van der Waals surface area (Å²) in [6.07, 6.45) is 8.85. The Labute approximate surface area is 191 Å². The van der Waals surface area contributed by atoms with Gasteiger partial charge in [-0.2, -0.15) is 5.10 Å².